The number of rotatable bonds is 9. The van der Waals surface area contributed by atoms with Gasteiger partial charge in [0.25, 0.3) is 5.91 Å². The summed E-state index contributed by atoms with van der Waals surface area (Å²) in [4.78, 5) is 13.9. The number of nitrogens with one attached hydrogen (secondary N) is 3. The van der Waals surface area contributed by atoms with Gasteiger partial charge in [0.15, 0.2) is 0 Å². The van der Waals surface area contributed by atoms with Gasteiger partial charge in [0.1, 0.15) is 5.69 Å². The van der Waals surface area contributed by atoms with Crippen molar-refractivity contribution in [3.8, 4) is 0 Å². The molecule has 1 fully saturated rings. The Hall–Kier alpha value is -2.23. The molecule has 0 saturated carbocycles. The van der Waals surface area contributed by atoms with E-state index in [0.717, 1.165) is 60.4 Å². The molecule has 1 unspecified atom stereocenters. The molecule has 0 spiro atoms. The highest BCUT2D eigenvalue weighted by Crippen LogP contribution is 2.37. The van der Waals surface area contributed by atoms with Gasteiger partial charge in [-0.15, -0.1) is 0 Å². The number of hydrogen-bond donors (Lipinski definition) is 4. The molecule has 7 nitrogen and oxygen atoms in total. The van der Waals surface area contributed by atoms with Crippen LogP contribution >= 0.6 is 23.5 Å². The fraction of sp³-hybridized carbons (Fsp3) is 0.483. The number of aliphatic hydroxyl groups is 1. The molecule has 2 aromatic carbocycles. The van der Waals surface area contributed by atoms with Crippen molar-refractivity contribution in [3.63, 3.8) is 0 Å². The predicted octanol–water partition coefficient (Wildman–Crippen LogP) is 4.96. The first-order chi connectivity index (χ1) is 18.4. The van der Waals surface area contributed by atoms with Crippen LogP contribution in [0.15, 0.2) is 42.5 Å². The van der Waals surface area contributed by atoms with Crippen LogP contribution in [0.25, 0.3) is 10.9 Å². The van der Waals surface area contributed by atoms with E-state index >= 15 is 0 Å². The van der Waals surface area contributed by atoms with E-state index in [0.29, 0.717) is 29.7 Å². The number of amides is 1. The average molecular weight is 557 g/mol. The second kappa shape index (κ2) is 12.3. The molecule has 2 aliphatic rings. The van der Waals surface area contributed by atoms with Gasteiger partial charge in [-0.1, -0.05) is 48.7 Å². The maximum absolute atomic E-state index is 13.9. The summed E-state index contributed by atoms with van der Waals surface area (Å²) in [5.41, 5.74) is 4.91. The molecule has 5 rings (SSSR count). The summed E-state index contributed by atoms with van der Waals surface area (Å²) >= 11 is 7.91. The Kier molecular flexibility index (Phi) is 8.85. The molecule has 2 aliphatic heterocycles. The number of nitrogens with zero attached hydrogens (tertiary/aromatic N) is 1. The number of hydrogen-bond acceptors (Lipinski definition) is 6. The van der Waals surface area contributed by atoms with Gasteiger partial charge in [0.05, 0.1) is 23.3 Å². The van der Waals surface area contributed by atoms with Crippen molar-refractivity contribution < 1.29 is 14.6 Å². The number of halogens is 1. The van der Waals surface area contributed by atoms with E-state index < -0.39 is 12.1 Å². The Balaban J connectivity index is 1.43. The molecule has 9 heteroatoms. The van der Waals surface area contributed by atoms with E-state index in [1.54, 1.807) is 11.9 Å². The van der Waals surface area contributed by atoms with Gasteiger partial charge in [0.2, 0.25) is 0 Å². The molecule has 1 aromatic heterocycles. The number of carbonyl (C=O) groups is 1. The molecule has 3 heterocycles. The molecule has 4 N–H and O–H groups in total. The van der Waals surface area contributed by atoms with Gasteiger partial charge in [-0.05, 0) is 68.0 Å². The summed E-state index contributed by atoms with van der Waals surface area (Å²) in [6.45, 7) is 6.14. The fourth-order valence-corrected chi connectivity index (χ4v) is 6.52. The number of ether oxygens (including phenoxy) is 1. The summed E-state index contributed by atoms with van der Waals surface area (Å²) in [5.74, 6) is 0.661. The Morgan fingerprint density at radius 1 is 1.26 bits per heavy atom. The largest absolute Gasteiger partial charge is 0.390 e. The van der Waals surface area contributed by atoms with Gasteiger partial charge in [-0.25, -0.2) is 0 Å². The Labute approximate surface area is 233 Å². The standard InChI is InChI=1S/C29H37ClN4O3S/c1-3-20-7-8-24-28-23(20)15-26(34(28)18(2)17-38-33-24)29(36)32-25(14-19-5-4-6-21(30)13-19)27(35)16-31-22-9-11-37-12-10-22/h4-8,13,15,18,22,25,27,31,33,35H,3,9-12,14,16-17H2,1-2H3,(H,32,36)/t18?,25-,27+/m0/s1. The average Bonchev–Trinajstić information content (AvgIpc) is 3.25. The van der Waals surface area contributed by atoms with Gasteiger partial charge in [-0.3, -0.25) is 4.79 Å². The first-order valence-corrected chi connectivity index (χ1v) is 14.9. The number of aliphatic hydroxyl groups excluding tert-OH is 1. The molecule has 3 aromatic rings. The van der Waals surface area contributed by atoms with Gasteiger partial charge in [-0.2, -0.15) is 0 Å². The maximum Gasteiger partial charge on any atom is 0.268 e. The van der Waals surface area contributed by atoms with Crippen LogP contribution in [0, 0.1) is 0 Å². The highest BCUT2D eigenvalue weighted by Gasteiger charge is 2.29. The van der Waals surface area contributed by atoms with Gasteiger partial charge in [0, 0.05) is 48.0 Å². The van der Waals surface area contributed by atoms with E-state index in [9.17, 15) is 9.90 Å². The van der Waals surface area contributed by atoms with Crippen LogP contribution in [0.2, 0.25) is 5.02 Å². The molecular formula is C29H37ClN4O3S. The van der Waals surface area contributed by atoms with Crippen molar-refractivity contribution in [2.75, 3.05) is 30.2 Å². The lowest BCUT2D eigenvalue weighted by atomic mass is 10.00. The Morgan fingerprint density at radius 3 is 2.84 bits per heavy atom. The molecule has 38 heavy (non-hydrogen) atoms. The Morgan fingerprint density at radius 2 is 2.08 bits per heavy atom. The van der Waals surface area contributed by atoms with E-state index in [1.807, 2.05) is 30.3 Å². The minimum absolute atomic E-state index is 0.130. The molecule has 204 valence electrons. The lowest BCUT2D eigenvalue weighted by Crippen LogP contribution is -2.51. The van der Waals surface area contributed by atoms with Crippen molar-refractivity contribution >= 4 is 46.0 Å². The molecule has 1 amide bonds. The third-order valence-corrected chi connectivity index (χ3v) is 8.86. The molecule has 1 saturated heterocycles. The summed E-state index contributed by atoms with van der Waals surface area (Å²) in [5, 5.41) is 19.7. The van der Waals surface area contributed by atoms with Crippen LogP contribution in [0.3, 0.4) is 0 Å². The SMILES string of the molecule is CCc1ccc2c3c1cc(C(=O)N[C@@H](Cc1cccc(Cl)c1)[C@H](O)CNC1CCOCC1)n3C(C)CSN2. The van der Waals surface area contributed by atoms with Crippen LogP contribution in [0.5, 0.6) is 0 Å². The summed E-state index contributed by atoms with van der Waals surface area (Å²) in [6.07, 6.45) is 2.43. The summed E-state index contributed by atoms with van der Waals surface area (Å²) in [6, 6.07) is 13.8. The third-order valence-electron chi connectivity index (χ3n) is 7.61. The van der Waals surface area contributed by atoms with E-state index in [2.05, 4.69) is 45.9 Å². The lowest BCUT2D eigenvalue weighted by molar-refractivity contribution is 0.0655. The molecule has 3 atom stereocenters. The molecule has 0 bridgehead atoms. The fourth-order valence-electron chi connectivity index (χ4n) is 5.51. The van der Waals surface area contributed by atoms with Crippen LogP contribution < -0.4 is 15.4 Å². The second-order valence-corrected chi connectivity index (χ2v) is 11.6. The van der Waals surface area contributed by atoms with Crippen molar-refractivity contribution in [2.45, 2.75) is 63.8 Å². The van der Waals surface area contributed by atoms with E-state index in [4.69, 9.17) is 16.3 Å². The summed E-state index contributed by atoms with van der Waals surface area (Å²) < 4.78 is 11.1. The zero-order valence-electron chi connectivity index (χ0n) is 22.0. The highest BCUT2D eigenvalue weighted by molar-refractivity contribution is 8.00. The number of carbonyl (C=O) groups excluding carboxylic acids is 1. The van der Waals surface area contributed by atoms with Gasteiger partial charge < -0.3 is 29.8 Å². The van der Waals surface area contributed by atoms with E-state index in [1.165, 1.54) is 5.56 Å². The van der Waals surface area contributed by atoms with Crippen LogP contribution in [0.1, 0.15) is 54.3 Å². The zero-order valence-corrected chi connectivity index (χ0v) is 23.6. The molecule has 0 radical (unpaired) electrons. The number of aromatic nitrogens is 1. The number of aryl methyl sites for hydroxylation is 1. The molecule has 0 aliphatic carbocycles. The van der Waals surface area contributed by atoms with Crippen LogP contribution in [0.4, 0.5) is 5.69 Å². The smallest absolute Gasteiger partial charge is 0.268 e. The van der Waals surface area contributed by atoms with Crippen LogP contribution in [-0.4, -0.2) is 59.3 Å². The van der Waals surface area contributed by atoms with Gasteiger partial charge >= 0.3 is 0 Å². The number of anilines is 1. The van der Waals surface area contributed by atoms with Crippen molar-refractivity contribution in [1.29, 1.82) is 0 Å². The van der Waals surface area contributed by atoms with Crippen molar-refractivity contribution in [2.24, 2.45) is 0 Å². The van der Waals surface area contributed by atoms with Crippen molar-refractivity contribution in [3.05, 3.63) is 64.3 Å². The minimum Gasteiger partial charge on any atom is -0.390 e. The van der Waals surface area contributed by atoms with Crippen LogP contribution in [-0.2, 0) is 17.6 Å². The van der Waals surface area contributed by atoms with Crippen molar-refractivity contribution in [1.82, 2.24) is 15.2 Å². The van der Waals surface area contributed by atoms with E-state index in [-0.39, 0.29) is 11.9 Å². The monoisotopic (exact) mass is 556 g/mol. The topological polar surface area (TPSA) is 87.6 Å². The third kappa shape index (κ3) is 6.00. The second-order valence-electron chi connectivity index (χ2n) is 10.3. The first-order valence-electron chi connectivity index (χ1n) is 13.5. The molecular weight excluding hydrogens is 520 g/mol. The number of benzene rings is 2. The quantitative estimate of drug-likeness (QED) is 0.279. The first kappa shape index (κ1) is 27.3. The normalized spacial score (nSPS) is 19.5. The highest BCUT2D eigenvalue weighted by atomic mass is 35.5. The minimum atomic E-state index is -0.773. The lowest BCUT2D eigenvalue weighted by Gasteiger charge is -2.29. The summed E-state index contributed by atoms with van der Waals surface area (Å²) in [7, 11) is 0. The maximum atomic E-state index is 13.9. The predicted molar refractivity (Wildman–Crippen MR) is 156 cm³/mol. The zero-order chi connectivity index (χ0) is 26.6. The Bertz CT molecular complexity index is 1280.